The number of nitrogens with zero attached hydrogens (tertiary/aromatic N) is 3. The molecular weight excluding hydrogens is 410 g/mol. The van der Waals surface area contributed by atoms with E-state index < -0.39 is 0 Å². The molecule has 0 saturated carbocycles. The van der Waals surface area contributed by atoms with Crippen molar-refractivity contribution in [1.29, 1.82) is 0 Å². The molecule has 0 aliphatic carbocycles. The van der Waals surface area contributed by atoms with Crippen LogP contribution in [0, 0.1) is 6.92 Å². The second-order valence-electron chi connectivity index (χ2n) is 7.90. The zero-order chi connectivity index (χ0) is 20.9. The summed E-state index contributed by atoms with van der Waals surface area (Å²) in [4.78, 5) is 11.1. The average Bonchev–Trinajstić information content (AvgIpc) is 3.48. The Balaban J connectivity index is 1.53. The van der Waals surface area contributed by atoms with Crippen molar-refractivity contribution < 1.29 is 4.74 Å². The summed E-state index contributed by atoms with van der Waals surface area (Å²) >= 11 is 6.32. The Bertz CT molecular complexity index is 1470. The lowest BCUT2D eigenvalue weighted by Crippen LogP contribution is -2.05. The molecule has 3 heterocycles. The van der Waals surface area contributed by atoms with E-state index in [1.54, 1.807) is 12.7 Å². The second kappa shape index (κ2) is 7.03. The average molecular weight is 430 g/mol. The zero-order valence-corrected chi connectivity index (χ0v) is 17.7. The number of hydrogen-bond acceptors (Lipinski definition) is 3. The molecule has 154 valence electrons. The van der Waals surface area contributed by atoms with E-state index in [2.05, 4.69) is 51.2 Å². The van der Waals surface area contributed by atoms with E-state index in [0.717, 1.165) is 62.0 Å². The van der Waals surface area contributed by atoms with Crippen molar-refractivity contribution in [3.8, 4) is 5.75 Å². The van der Waals surface area contributed by atoms with Crippen LogP contribution in [0.3, 0.4) is 0 Å². The van der Waals surface area contributed by atoms with Crippen molar-refractivity contribution in [2.45, 2.75) is 19.9 Å². The summed E-state index contributed by atoms with van der Waals surface area (Å²) in [7, 11) is 0. The molecule has 2 N–H and O–H groups in total. The minimum absolute atomic E-state index is 0.568. The van der Waals surface area contributed by atoms with Crippen LogP contribution in [0.15, 0.2) is 55.1 Å². The third kappa shape index (κ3) is 3.02. The first kappa shape index (κ1) is 18.3. The molecular formula is C24H20ClN5O. The molecule has 0 radical (unpaired) electrons. The van der Waals surface area contributed by atoms with E-state index in [4.69, 9.17) is 16.3 Å². The van der Waals surface area contributed by atoms with E-state index in [1.165, 1.54) is 10.9 Å². The van der Waals surface area contributed by atoms with Crippen molar-refractivity contribution in [3.05, 3.63) is 65.7 Å². The van der Waals surface area contributed by atoms with Crippen LogP contribution in [0.2, 0.25) is 5.02 Å². The van der Waals surface area contributed by atoms with Gasteiger partial charge in [-0.2, -0.15) is 5.10 Å². The number of benzene rings is 3. The molecule has 6 nitrogen and oxygen atoms in total. The molecule has 7 heteroatoms. The summed E-state index contributed by atoms with van der Waals surface area (Å²) in [5, 5.41) is 9.43. The van der Waals surface area contributed by atoms with Crippen LogP contribution in [0.25, 0.3) is 43.6 Å². The number of hydrogen-bond donors (Lipinski definition) is 2. The predicted octanol–water partition coefficient (Wildman–Crippen LogP) is 5.98. The molecule has 3 aromatic heterocycles. The number of halogens is 1. The highest BCUT2D eigenvalue weighted by atomic mass is 35.5. The summed E-state index contributed by atoms with van der Waals surface area (Å²) in [6, 6.07) is 14.6. The number of rotatable bonds is 5. The first-order chi connectivity index (χ1) is 15.2. The van der Waals surface area contributed by atoms with Crippen molar-refractivity contribution in [2.24, 2.45) is 0 Å². The molecule has 3 aromatic carbocycles. The molecule has 0 fully saturated rings. The van der Waals surface area contributed by atoms with Gasteiger partial charge < -0.3 is 14.7 Å². The normalized spacial score (nSPS) is 11.9. The summed E-state index contributed by atoms with van der Waals surface area (Å²) in [5.41, 5.74) is 5.36. The van der Waals surface area contributed by atoms with Crippen molar-refractivity contribution >= 4 is 55.2 Å². The van der Waals surface area contributed by atoms with Crippen LogP contribution < -0.4 is 4.74 Å². The standard InChI is InChI=1S/C24H20ClN5O/c1-14-3-5-20-16(9-14)18-11-19-17-10-15(25)4-6-21(17)29-23(19)24(22(18)28-20)31-8-2-7-30-13-26-12-27-30/h3-6,9-13,28-29H,2,7-8H2,1H3. The first-order valence-corrected chi connectivity index (χ1v) is 10.7. The lowest BCUT2D eigenvalue weighted by Gasteiger charge is -2.09. The van der Waals surface area contributed by atoms with Crippen LogP contribution >= 0.6 is 11.6 Å². The molecule has 0 amide bonds. The molecule has 6 rings (SSSR count). The van der Waals surface area contributed by atoms with Crippen LogP contribution in [0.5, 0.6) is 5.75 Å². The van der Waals surface area contributed by atoms with Crippen LogP contribution in [0.1, 0.15) is 12.0 Å². The third-order valence-electron chi connectivity index (χ3n) is 5.78. The van der Waals surface area contributed by atoms with Gasteiger partial charge in [-0.05, 0) is 43.3 Å². The highest BCUT2D eigenvalue weighted by Gasteiger charge is 2.17. The SMILES string of the molecule is Cc1ccc2[nH]c3c(OCCCn4cncn4)c4[nH]c5ccc(Cl)cc5c4cc3c2c1. The van der Waals surface area contributed by atoms with Crippen LogP contribution in [-0.4, -0.2) is 31.3 Å². The third-order valence-corrected chi connectivity index (χ3v) is 6.02. The monoisotopic (exact) mass is 429 g/mol. The van der Waals surface area contributed by atoms with Crippen molar-refractivity contribution in [3.63, 3.8) is 0 Å². The molecule has 0 aliphatic rings. The van der Waals surface area contributed by atoms with Crippen molar-refractivity contribution in [2.75, 3.05) is 6.61 Å². The maximum absolute atomic E-state index is 6.39. The molecule has 0 unspecified atom stereocenters. The lowest BCUT2D eigenvalue weighted by molar-refractivity contribution is 0.304. The number of fused-ring (bicyclic) bond motifs is 6. The number of aryl methyl sites for hydroxylation is 2. The summed E-state index contributed by atoms with van der Waals surface area (Å²) in [6.45, 7) is 3.44. The van der Waals surface area contributed by atoms with E-state index in [0.29, 0.717) is 6.61 Å². The quantitative estimate of drug-likeness (QED) is 0.331. The fourth-order valence-electron chi connectivity index (χ4n) is 4.33. The minimum Gasteiger partial charge on any atom is -0.489 e. The Morgan fingerprint density at radius 2 is 1.68 bits per heavy atom. The topological polar surface area (TPSA) is 71.5 Å². The van der Waals surface area contributed by atoms with Gasteiger partial charge in [-0.1, -0.05) is 23.2 Å². The summed E-state index contributed by atoms with van der Waals surface area (Å²) in [5.74, 6) is 0.840. The van der Waals surface area contributed by atoms with E-state index in [9.17, 15) is 0 Å². The Kier molecular flexibility index (Phi) is 4.14. The largest absolute Gasteiger partial charge is 0.489 e. The Morgan fingerprint density at radius 3 is 2.42 bits per heavy atom. The van der Waals surface area contributed by atoms with Crippen LogP contribution in [-0.2, 0) is 6.54 Å². The predicted molar refractivity (Wildman–Crippen MR) is 125 cm³/mol. The molecule has 31 heavy (non-hydrogen) atoms. The fraction of sp³-hybridized carbons (Fsp3) is 0.167. The summed E-state index contributed by atoms with van der Waals surface area (Å²) in [6.07, 6.45) is 4.10. The molecule has 0 aliphatic heterocycles. The van der Waals surface area contributed by atoms with Gasteiger partial charge in [0, 0.05) is 50.6 Å². The smallest absolute Gasteiger partial charge is 0.167 e. The van der Waals surface area contributed by atoms with Crippen molar-refractivity contribution in [1.82, 2.24) is 24.7 Å². The van der Waals surface area contributed by atoms with Gasteiger partial charge in [0.15, 0.2) is 5.75 Å². The minimum atomic E-state index is 0.568. The highest BCUT2D eigenvalue weighted by molar-refractivity contribution is 6.32. The highest BCUT2D eigenvalue weighted by Crippen LogP contribution is 2.41. The summed E-state index contributed by atoms with van der Waals surface area (Å²) < 4.78 is 8.21. The Morgan fingerprint density at radius 1 is 0.935 bits per heavy atom. The van der Waals surface area contributed by atoms with Gasteiger partial charge in [0.2, 0.25) is 0 Å². The molecule has 6 aromatic rings. The second-order valence-corrected chi connectivity index (χ2v) is 8.34. The molecule has 0 atom stereocenters. The maximum Gasteiger partial charge on any atom is 0.167 e. The van der Waals surface area contributed by atoms with Gasteiger partial charge in [0.1, 0.15) is 12.7 Å². The number of ether oxygens (including phenoxy) is 1. The number of nitrogens with one attached hydrogen (secondary N) is 2. The van der Waals surface area contributed by atoms with Gasteiger partial charge in [-0.3, -0.25) is 4.68 Å². The van der Waals surface area contributed by atoms with Gasteiger partial charge >= 0.3 is 0 Å². The molecule has 0 spiro atoms. The maximum atomic E-state index is 6.39. The van der Waals surface area contributed by atoms with Gasteiger partial charge in [0.25, 0.3) is 0 Å². The Labute approximate surface area is 182 Å². The Hall–Kier alpha value is -3.51. The molecule has 0 saturated heterocycles. The zero-order valence-electron chi connectivity index (χ0n) is 16.9. The number of aromatic amines is 2. The van der Waals surface area contributed by atoms with E-state index in [-0.39, 0.29) is 0 Å². The van der Waals surface area contributed by atoms with Crippen LogP contribution in [0.4, 0.5) is 0 Å². The number of H-pyrrole nitrogens is 2. The van der Waals surface area contributed by atoms with Gasteiger partial charge in [-0.25, -0.2) is 4.98 Å². The number of aromatic nitrogens is 5. The van der Waals surface area contributed by atoms with Gasteiger partial charge in [0.05, 0.1) is 17.6 Å². The van der Waals surface area contributed by atoms with Gasteiger partial charge in [-0.15, -0.1) is 0 Å². The lowest BCUT2D eigenvalue weighted by atomic mass is 10.1. The van der Waals surface area contributed by atoms with E-state index >= 15 is 0 Å². The first-order valence-electron chi connectivity index (χ1n) is 10.3. The molecule has 0 bridgehead atoms. The fourth-order valence-corrected chi connectivity index (χ4v) is 4.50. The van der Waals surface area contributed by atoms with E-state index in [1.807, 2.05) is 22.9 Å².